The summed E-state index contributed by atoms with van der Waals surface area (Å²) in [7, 11) is 0. The summed E-state index contributed by atoms with van der Waals surface area (Å²) in [4.78, 5) is 4.57. The van der Waals surface area contributed by atoms with Crippen molar-refractivity contribution in [2.45, 2.75) is 0 Å². The van der Waals surface area contributed by atoms with Gasteiger partial charge in [0.05, 0.1) is 0 Å². The molecule has 0 bridgehead atoms. The Labute approximate surface area is 480 Å². The van der Waals surface area contributed by atoms with Crippen molar-refractivity contribution in [3.63, 3.8) is 0 Å². The highest BCUT2D eigenvalue weighted by Crippen LogP contribution is 2.51. The molecule has 0 N–H and O–H groups in total. The number of furan rings is 4. The van der Waals surface area contributed by atoms with Crippen molar-refractivity contribution < 1.29 is 17.7 Å². The molecule has 0 aliphatic rings. The highest BCUT2D eigenvalue weighted by molar-refractivity contribution is 6.32. The van der Waals surface area contributed by atoms with Gasteiger partial charge in [-0.2, -0.15) is 0 Å². The molecule has 6 nitrogen and oxygen atoms in total. The summed E-state index contributed by atoms with van der Waals surface area (Å²) < 4.78 is 27.9. The molecule has 18 rings (SSSR count). The van der Waals surface area contributed by atoms with Gasteiger partial charge in [0, 0.05) is 113 Å². The van der Waals surface area contributed by atoms with Crippen LogP contribution >= 0.6 is 0 Å². The molecule has 0 saturated carbocycles. The molecule has 0 atom stereocenters. The predicted octanol–water partition coefficient (Wildman–Crippen LogP) is 23.0. The molecular formula is C78H46N2O4. The summed E-state index contributed by atoms with van der Waals surface area (Å²) in [5, 5.41) is 15.5. The topological polar surface area (TPSA) is 59.0 Å². The van der Waals surface area contributed by atoms with Gasteiger partial charge in [-0.15, -0.1) is 0 Å². The van der Waals surface area contributed by atoms with Gasteiger partial charge in [0.2, 0.25) is 0 Å². The normalized spacial score (nSPS) is 12.0. The van der Waals surface area contributed by atoms with E-state index in [1.165, 1.54) is 21.5 Å². The van der Waals surface area contributed by atoms with Gasteiger partial charge < -0.3 is 27.5 Å². The third-order valence-corrected chi connectivity index (χ3v) is 17.2. The molecule has 6 heteroatoms. The van der Waals surface area contributed by atoms with E-state index in [0.717, 1.165) is 155 Å². The molecule has 0 spiro atoms. The second-order valence-electron chi connectivity index (χ2n) is 21.9. The highest BCUT2D eigenvalue weighted by Gasteiger charge is 2.26. The van der Waals surface area contributed by atoms with Crippen molar-refractivity contribution in [3.8, 4) is 22.3 Å². The third kappa shape index (κ3) is 7.04. The lowest BCUT2D eigenvalue weighted by atomic mass is 9.91. The molecule has 0 fully saturated rings. The number of nitrogens with zero attached hydrogens (tertiary/aromatic N) is 2. The quantitative estimate of drug-likeness (QED) is 0.151. The molecule has 4 heterocycles. The van der Waals surface area contributed by atoms with E-state index in [-0.39, 0.29) is 0 Å². The summed E-state index contributed by atoms with van der Waals surface area (Å²) in [6.07, 6.45) is 0. The first-order chi connectivity index (χ1) is 41.6. The standard InChI is InChI=1S/C78H46N2O4/c1-5-17-47(18-6-1)63-45-65-66(75-61-37-33-55(43-71(61)83-77(63)75)79(51-23-9-3-10-24-51)53-31-35-59-69(41-53)81-67-39-29-49-21-13-15-27-57(49)73(59)67)46-64(48-19-7-2-8-20-48)78-76(65)62-38-34-56(44-72(62)84-78)80(52-25-11-4-12-26-52)54-32-36-60-70(42-54)82-68-40-30-50-22-14-16-28-58(50)74(60)68/h1-46H. The molecule has 14 aromatic carbocycles. The van der Waals surface area contributed by atoms with E-state index < -0.39 is 0 Å². The van der Waals surface area contributed by atoms with Gasteiger partial charge in [-0.25, -0.2) is 0 Å². The van der Waals surface area contributed by atoms with E-state index in [0.29, 0.717) is 0 Å². The van der Waals surface area contributed by atoms with E-state index in [4.69, 9.17) is 17.7 Å². The van der Waals surface area contributed by atoms with Gasteiger partial charge >= 0.3 is 0 Å². The lowest BCUT2D eigenvalue weighted by Gasteiger charge is -2.25. The molecule has 0 unspecified atom stereocenters. The van der Waals surface area contributed by atoms with Crippen LogP contribution in [0.3, 0.4) is 0 Å². The Kier molecular flexibility index (Phi) is 9.99. The summed E-state index contributed by atoms with van der Waals surface area (Å²) in [5.41, 5.74) is 16.6. The Morgan fingerprint density at radius 2 is 0.536 bits per heavy atom. The number of para-hydroxylation sites is 2. The van der Waals surface area contributed by atoms with Gasteiger partial charge in [-0.3, -0.25) is 0 Å². The van der Waals surface area contributed by atoms with E-state index >= 15 is 0 Å². The molecule has 0 aliphatic carbocycles. The Balaban J connectivity index is 0.845. The Morgan fingerprint density at radius 1 is 0.202 bits per heavy atom. The minimum absolute atomic E-state index is 0.780. The Morgan fingerprint density at radius 3 is 0.929 bits per heavy atom. The Hall–Kier alpha value is -11.3. The van der Waals surface area contributed by atoms with E-state index in [2.05, 4.69) is 289 Å². The van der Waals surface area contributed by atoms with E-state index in [1.54, 1.807) is 0 Å². The van der Waals surface area contributed by atoms with E-state index in [9.17, 15) is 0 Å². The fourth-order valence-corrected chi connectivity index (χ4v) is 13.4. The first-order valence-electron chi connectivity index (χ1n) is 28.5. The van der Waals surface area contributed by atoms with Crippen LogP contribution < -0.4 is 9.80 Å². The smallest absolute Gasteiger partial charge is 0.143 e. The summed E-state index contributed by atoms with van der Waals surface area (Å²) in [6, 6.07) is 98.8. The Bertz CT molecular complexity index is 5330. The molecule has 18 aromatic rings. The average molecular weight is 1080 g/mol. The zero-order chi connectivity index (χ0) is 55.0. The number of fused-ring (bicyclic) bond motifs is 19. The number of hydrogen-bond donors (Lipinski definition) is 0. The van der Waals surface area contributed by atoms with Crippen LogP contribution in [0.2, 0.25) is 0 Å². The summed E-state index contributed by atoms with van der Waals surface area (Å²) in [5.74, 6) is 0. The number of benzene rings is 14. The van der Waals surface area contributed by atoms with Gasteiger partial charge in [0.1, 0.15) is 44.7 Å². The molecule has 4 aromatic heterocycles. The van der Waals surface area contributed by atoms with Crippen molar-refractivity contribution in [1.29, 1.82) is 0 Å². The molecule has 0 aliphatic heterocycles. The van der Waals surface area contributed by atoms with Gasteiger partial charge in [0.15, 0.2) is 0 Å². The van der Waals surface area contributed by atoms with Crippen LogP contribution in [0.1, 0.15) is 0 Å². The molecule has 392 valence electrons. The molecule has 84 heavy (non-hydrogen) atoms. The van der Waals surface area contributed by atoms with Crippen molar-refractivity contribution in [2.24, 2.45) is 0 Å². The first-order valence-corrected chi connectivity index (χ1v) is 28.5. The SMILES string of the molecule is c1ccc(-c2cc3c(cc(-c4ccccc4)c4oc5cc(N(c6ccccc6)c6ccc7c(c6)oc6ccc8ccccc8c67)ccc5c43)c3c2oc2cc(N(c4ccccc4)c4ccc5c(c4)oc4ccc6ccccc6c45)ccc23)cc1. The second kappa shape index (κ2) is 18.1. The maximum Gasteiger partial charge on any atom is 0.143 e. The van der Waals surface area contributed by atoms with Crippen LogP contribution in [0.25, 0.3) is 142 Å². The van der Waals surface area contributed by atoms with Crippen LogP contribution in [0, 0.1) is 0 Å². The molecule has 0 radical (unpaired) electrons. The number of rotatable bonds is 8. The molecule has 0 amide bonds. The van der Waals surface area contributed by atoms with Crippen molar-refractivity contribution in [2.75, 3.05) is 9.80 Å². The van der Waals surface area contributed by atoms with Gasteiger partial charge in [-0.1, -0.05) is 158 Å². The van der Waals surface area contributed by atoms with Gasteiger partial charge in [-0.05, 0) is 141 Å². The van der Waals surface area contributed by atoms with Gasteiger partial charge in [0.25, 0.3) is 0 Å². The zero-order valence-electron chi connectivity index (χ0n) is 45.1. The minimum Gasteiger partial charge on any atom is -0.456 e. The van der Waals surface area contributed by atoms with Crippen LogP contribution in [-0.4, -0.2) is 0 Å². The van der Waals surface area contributed by atoms with E-state index in [1.807, 2.05) is 0 Å². The summed E-state index contributed by atoms with van der Waals surface area (Å²) >= 11 is 0. The highest BCUT2D eigenvalue weighted by atomic mass is 16.3. The van der Waals surface area contributed by atoms with Crippen LogP contribution in [0.5, 0.6) is 0 Å². The fourth-order valence-electron chi connectivity index (χ4n) is 13.4. The average Bonchev–Trinajstić information content (AvgIpc) is 2.20. The maximum atomic E-state index is 7.29. The number of hydrogen-bond acceptors (Lipinski definition) is 6. The molecule has 0 saturated heterocycles. The fraction of sp³-hybridized carbons (Fsp3) is 0. The van der Waals surface area contributed by atoms with Crippen LogP contribution in [0.15, 0.2) is 297 Å². The lowest BCUT2D eigenvalue weighted by molar-refractivity contribution is 0.668. The maximum absolute atomic E-state index is 7.29. The lowest BCUT2D eigenvalue weighted by Crippen LogP contribution is -2.09. The largest absolute Gasteiger partial charge is 0.456 e. The number of anilines is 6. The molecular weight excluding hydrogens is 1030 g/mol. The van der Waals surface area contributed by atoms with Crippen LogP contribution in [-0.2, 0) is 0 Å². The summed E-state index contributed by atoms with van der Waals surface area (Å²) in [6.45, 7) is 0. The monoisotopic (exact) mass is 1070 g/mol. The van der Waals surface area contributed by atoms with Crippen molar-refractivity contribution in [3.05, 3.63) is 279 Å². The minimum atomic E-state index is 0.780. The third-order valence-electron chi connectivity index (χ3n) is 17.2. The first kappa shape index (κ1) is 46.4. The predicted molar refractivity (Wildman–Crippen MR) is 348 cm³/mol. The zero-order valence-corrected chi connectivity index (χ0v) is 45.1. The van der Waals surface area contributed by atoms with Crippen LogP contribution in [0.4, 0.5) is 34.1 Å². The van der Waals surface area contributed by atoms with Crippen molar-refractivity contribution >= 4 is 154 Å². The second-order valence-corrected chi connectivity index (χ2v) is 21.9. The van der Waals surface area contributed by atoms with Crippen molar-refractivity contribution in [1.82, 2.24) is 0 Å².